The number of aromatic nitrogens is 2. The van der Waals surface area contributed by atoms with Crippen LogP contribution in [0.4, 0.5) is 0 Å². The lowest BCUT2D eigenvalue weighted by Gasteiger charge is -2.48. The monoisotopic (exact) mass is 582 g/mol. The Hall–Kier alpha value is -3.46. The number of benzene rings is 3. The van der Waals surface area contributed by atoms with E-state index in [4.69, 9.17) is 4.74 Å². The van der Waals surface area contributed by atoms with Crippen molar-refractivity contribution in [1.82, 2.24) is 20.8 Å². The van der Waals surface area contributed by atoms with E-state index in [9.17, 15) is 9.90 Å². The number of amides is 1. The average molecular weight is 583 g/mol. The third-order valence-electron chi connectivity index (χ3n) is 8.58. The van der Waals surface area contributed by atoms with E-state index in [1.807, 2.05) is 54.6 Å². The predicted molar refractivity (Wildman–Crippen MR) is 167 cm³/mol. The smallest absolute Gasteiger partial charge is 0.230 e. The number of ether oxygens (including phenoxy) is 1. The molecule has 1 aliphatic heterocycles. The number of nitrogens with one attached hydrogen (secondary N) is 2. The molecule has 3 N–H and O–H groups in total. The van der Waals surface area contributed by atoms with Gasteiger partial charge in [0.25, 0.3) is 0 Å². The standard InChI is InChI=1S/C34H38N4O3S/c1-2-23-13-14-31-27(17-23)29(19-34(41-31)15-8-16-34)35-21-30(39)28(18-24-9-4-3-5-10-24)37-32(40)22-42-33-26-12-7-6-11-25(26)20-36-38-33/h3-7,9-14,17,20,28-30,35,39H,2,8,15-16,18-19,21-22H2,1H3,(H,37,40)/t28-,29-,30-/m0/s1. The van der Waals surface area contributed by atoms with Crippen LogP contribution >= 0.6 is 11.8 Å². The summed E-state index contributed by atoms with van der Waals surface area (Å²) in [5.74, 6) is 0.990. The first-order chi connectivity index (χ1) is 20.5. The van der Waals surface area contributed by atoms with Gasteiger partial charge in [-0.25, -0.2) is 0 Å². The van der Waals surface area contributed by atoms with Crippen molar-refractivity contribution in [3.05, 3.63) is 95.7 Å². The van der Waals surface area contributed by atoms with Crippen molar-refractivity contribution < 1.29 is 14.6 Å². The van der Waals surface area contributed by atoms with Gasteiger partial charge in [0, 0.05) is 35.3 Å². The summed E-state index contributed by atoms with van der Waals surface area (Å²) < 4.78 is 6.49. The molecule has 0 bridgehead atoms. The molecule has 1 saturated carbocycles. The zero-order valence-electron chi connectivity index (χ0n) is 24.0. The molecule has 3 aromatic carbocycles. The van der Waals surface area contributed by atoms with Crippen molar-refractivity contribution >= 4 is 28.4 Å². The number of fused-ring (bicyclic) bond motifs is 2. The number of carbonyl (C=O) groups excluding carboxylic acids is 1. The van der Waals surface area contributed by atoms with E-state index in [0.717, 1.165) is 58.4 Å². The van der Waals surface area contributed by atoms with Gasteiger partial charge in [0.05, 0.1) is 24.1 Å². The number of nitrogens with zero attached hydrogens (tertiary/aromatic N) is 2. The Morgan fingerprint density at radius 1 is 1.10 bits per heavy atom. The largest absolute Gasteiger partial charge is 0.487 e. The Morgan fingerprint density at radius 3 is 2.69 bits per heavy atom. The van der Waals surface area contributed by atoms with Crippen LogP contribution in [-0.2, 0) is 17.6 Å². The first-order valence-electron chi connectivity index (χ1n) is 14.9. The van der Waals surface area contributed by atoms with E-state index in [0.29, 0.717) is 13.0 Å². The molecule has 218 valence electrons. The van der Waals surface area contributed by atoms with Crippen LogP contribution < -0.4 is 15.4 Å². The highest BCUT2D eigenvalue weighted by Gasteiger charge is 2.45. The lowest BCUT2D eigenvalue weighted by molar-refractivity contribution is -0.120. The maximum atomic E-state index is 13.2. The van der Waals surface area contributed by atoms with E-state index in [2.05, 4.69) is 46.0 Å². The Bertz CT molecular complexity index is 1520. The van der Waals surface area contributed by atoms with Crippen molar-refractivity contribution in [1.29, 1.82) is 0 Å². The molecule has 2 heterocycles. The van der Waals surface area contributed by atoms with Gasteiger partial charge >= 0.3 is 0 Å². The van der Waals surface area contributed by atoms with Gasteiger partial charge in [0.2, 0.25) is 5.91 Å². The molecule has 6 rings (SSSR count). The van der Waals surface area contributed by atoms with Crippen LogP contribution in [0.25, 0.3) is 10.8 Å². The van der Waals surface area contributed by atoms with E-state index < -0.39 is 12.1 Å². The molecule has 2 aliphatic rings. The highest BCUT2D eigenvalue weighted by atomic mass is 32.2. The number of rotatable bonds is 11. The molecule has 42 heavy (non-hydrogen) atoms. The third kappa shape index (κ3) is 6.46. The fraction of sp³-hybridized carbons (Fsp3) is 0.382. The fourth-order valence-corrected chi connectivity index (χ4v) is 6.84. The molecule has 1 aromatic heterocycles. The van der Waals surface area contributed by atoms with Crippen LogP contribution in [0.5, 0.6) is 5.75 Å². The number of hydrogen-bond donors (Lipinski definition) is 3. The van der Waals surface area contributed by atoms with E-state index >= 15 is 0 Å². The number of hydrogen-bond acceptors (Lipinski definition) is 7. The normalized spacial score (nSPS) is 18.5. The van der Waals surface area contributed by atoms with Crippen LogP contribution in [-0.4, -0.2) is 51.3 Å². The first-order valence-corrected chi connectivity index (χ1v) is 15.9. The molecule has 7 nitrogen and oxygen atoms in total. The van der Waals surface area contributed by atoms with Crippen LogP contribution in [0.1, 0.15) is 55.3 Å². The minimum atomic E-state index is -0.783. The van der Waals surface area contributed by atoms with Crippen molar-refractivity contribution in [2.45, 2.75) is 74.3 Å². The molecule has 1 spiro atoms. The highest BCUT2D eigenvalue weighted by molar-refractivity contribution is 8.00. The summed E-state index contributed by atoms with van der Waals surface area (Å²) in [6, 6.07) is 24.0. The molecule has 0 radical (unpaired) electrons. The maximum Gasteiger partial charge on any atom is 0.230 e. The minimum Gasteiger partial charge on any atom is -0.487 e. The van der Waals surface area contributed by atoms with Gasteiger partial charge in [-0.2, -0.15) is 5.10 Å². The Morgan fingerprint density at radius 2 is 1.90 bits per heavy atom. The quantitative estimate of drug-likeness (QED) is 0.204. The second-order valence-corrected chi connectivity index (χ2v) is 12.5. The van der Waals surface area contributed by atoms with Crippen LogP contribution in [0.3, 0.4) is 0 Å². The van der Waals surface area contributed by atoms with Gasteiger partial charge in [0.15, 0.2) is 0 Å². The number of thioether (sulfide) groups is 1. The molecule has 1 amide bonds. The zero-order valence-corrected chi connectivity index (χ0v) is 24.8. The molecule has 0 saturated heterocycles. The molecular formula is C34H38N4O3S. The Kier molecular flexibility index (Phi) is 8.74. The molecule has 3 atom stereocenters. The summed E-state index contributed by atoms with van der Waals surface area (Å²) in [7, 11) is 0. The second kappa shape index (κ2) is 12.8. The SMILES string of the molecule is CCc1ccc2c(c1)[C@@H](NC[C@H](O)[C@H](Cc1ccccc1)NC(=O)CSc1nncc3ccccc13)CC1(CCC1)O2. The molecule has 1 aliphatic carbocycles. The molecule has 8 heteroatoms. The predicted octanol–water partition coefficient (Wildman–Crippen LogP) is 5.41. The van der Waals surface area contributed by atoms with Crippen LogP contribution in [0, 0.1) is 0 Å². The second-order valence-electron chi connectivity index (χ2n) is 11.5. The first kappa shape index (κ1) is 28.6. The van der Waals surface area contributed by atoms with Crippen LogP contribution in [0.2, 0.25) is 0 Å². The number of aliphatic hydroxyl groups is 1. The number of aliphatic hydroxyl groups excluding tert-OH is 1. The minimum absolute atomic E-state index is 0.0868. The average Bonchev–Trinajstić information content (AvgIpc) is 3.01. The summed E-state index contributed by atoms with van der Waals surface area (Å²) in [5.41, 5.74) is 3.39. The van der Waals surface area contributed by atoms with Gasteiger partial charge in [-0.15, -0.1) is 5.10 Å². The molecule has 4 aromatic rings. The summed E-state index contributed by atoms with van der Waals surface area (Å²) in [6.45, 7) is 2.52. The lowest BCUT2D eigenvalue weighted by Crippen LogP contribution is -2.52. The zero-order chi connectivity index (χ0) is 28.9. The summed E-state index contributed by atoms with van der Waals surface area (Å²) in [6.07, 6.45) is 6.63. The van der Waals surface area contributed by atoms with Crippen LogP contribution in [0.15, 0.2) is 84.0 Å². The van der Waals surface area contributed by atoms with Crippen molar-refractivity contribution in [3.8, 4) is 5.75 Å². The van der Waals surface area contributed by atoms with Gasteiger partial charge in [0.1, 0.15) is 16.4 Å². The van der Waals surface area contributed by atoms with E-state index in [1.54, 1.807) is 6.20 Å². The highest BCUT2D eigenvalue weighted by Crippen LogP contribution is 2.49. The number of aryl methyl sites for hydroxylation is 1. The molecule has 1 fully saturated rings. The molecular weight excluding hydrogens is 544 g/mol. The summed E-state index contributed by atoms with van der Waals surface area (Å²) in [5, 5.41) is 29.3. The third-order valence-corrected chi connectivity index (χ3v) is 9.57. The van der Waals surface area contributed by atoms with Gasteiger partial charge in [-0.3, -0.25) is 4.79 Å². The van der Waals surface area contributed by atoms with E-state index in [-0.39, 0.29) is 23.3 Å². The summed E-state index contributed by atoms with van der Waals surface area (Å²) in [4.78, 5) is 13.2. The van der Waals surface area contributed by atoms with Gasteiger partial charge < -0.3 is 20.5 Å². The van der Waals surface area contributed by atoms with Crippen molar-refractivity contribution in [2.24, 2.45) is 0 Å². The van der Waals surface area contributed by atoms with Gasteiger partial charge in [-0.05, 0) is 49.3 Å². The van der Waals surface area contributed by atoms with E-state index in [1.165, 1.54) is 23.7 Å². The van der Waals surface area contributed by atoms with Gasteiger partial charge in [-0.1, -0.05) is 85.4 Å². The fourth-order valence-electron chi connectivity index (χ4n) is 6.05. The molecule has 0 unspecified atom stereocenters. The Balaban J connectivity index is 1.14. The van der Waals surface area contributed by atoms with Crippen molar-refractivity contribution in [3.63, 3.8) is 0 Å². The maximum absolute atomic E-state index is 13.2. The number of carbonyl (C=O) groups is 1. The lowest BCUT2D eigenvalue weighted by atomic mass is 9.72. The Labute approximate surface area is 251 Å². The summed E-state index contributed by atoms with van der Waals surface area (Å²) >= 11 is 1.36. The van der Waals surface area contributed by atoms with Crippen molar-refractivity contribution in [2.75, 3.05) is 12.3 Å². The topological polar surface area (TPSA) is 96.4 Å².